The normalized spacial score (nSPS) is 11.6. The van der Waals surface area contributed by atoms with E-state index in [1.165, 1.54) is 14.0 Å². The van der Waals surface area contributed by atoms with Crippen LogP contribution in [-0.4, -0.2) is 31.8 Å². The van der Waals surface area contributed by atoms with Gasteiger partial charge in [-0.25, -0.2) is 0 Å². The second-order valence-electron chi connectivity index (χ2n) is 4.31. The zero-order valence-electron chi connectivity index (χ0n) is 11.8. The molecule has 0 aliphatic carbocycles. The standard InChI is InChI=1S/C15H18O5/c1-4-20-15(18)13(10(2)17)8-12-7-11(9-16)5-6-14(12)19-3/h5-7,9,13H,4,8H2,1-3H3. The van der Waals surface area contributed by atoms with Crippen LogP contribution in [0.2, 0.25) is 0 Å². The van der Waals surface area contributed by atoms with Crippen LogP contribution in [0.15, 0.2) is 18.2 Å². The summed E-state index contributed by atoms with van der Waals surface area (Å²) < 4.78 is 10.1. The number of benzene rings is 1. The Morgan fingerprint density at radius 2 is 2.05 bits per heavy atom. The van der Waals surface area contributed by atoms with Gasteiger partial charge in [0.25, 0.3) is 0 Å². The van der Waals surface area contributed by atoms with Crippen LogP contribution >= 0.6 is 0 Å². The van der Waals surface area contributed by atoms with Crippen molar-refractivity contribution in [3.63, 3.8) is 0 Å². The number of carbonyl (C=O) groups excluding carboxylic acids is 3. The van der Waals surface area contributed by atoms with Crippen LogP contribution in [0.3, 0.4) is 0 Å². The number of ketones is 1. The van der Waals surface area contributed by atoms with Gasteiger partial charge in [0.1, 0.15) is 23.7 Å². The van der Waals surface area contributed by atoms with Crippen LogP contribution in [0.25, 0.3) is 0 Å². The summed E-state index contributed by atoms with van der Waals surface area (Å²) in [5.74, 6) is -1.18. The molecular weight excluding hydrogens is 260 g/mol. The van der Waals surface area contributed by atoms with Gasteiger partial charge in [-0.1, -0.05) is 0 Å². The molecule has 0 saturated carbocycles. The van der Waals surface area contributed by atoms with Gasteiger partial charge in [-0.3, -0.25) is 14.4 Å². The molecule has 108 valence electrons. The average molecular weight is 278 g/mol. The Balaban J connectivity index is 3.06. The summed E-state index contributed by atoms with van der Waals surface area (Å²) in [6.07, 6.45) is 0.856. The van der Waals surface area contributed by atoms with Crippen molar-refractivity contribution in [3.05, 3.63) is 29.3 Å². The molecule has 1 unspecified atom stereocenters. The van der Waals surface area contributed by atoms with Crippen molar-refractivity contribution >= 4 is 18.0 Å². The van der Waals surface area contributed by atoms with E-state index in [-0.39, 0.29) is 18.8 Å². The minimum atomic E-state index is -0.884. The van der Waals surface area contributed by atoms with Crippen molar-refractivity contribution in [2.75, 3.05) is 13.7 Å². The second-order valence-corrected chi connectivity index (χ2v) is 4.31. The molecule has 5 nitrogen and oxygen atoms in total. The molecule has 5 heteroatoms. The fourth-order valence-corrected chi connectivity index (χ4v) is 1.89. The number of rotatable bonds is 7. The minimum absolute atomic E-state index is 0.152. The highest BCUT2D eigenvalue weighted by Gasteiger charge is 2.26. The Hall–Kier alpha value is -2.17. The van der Waals surface area contributed by atoms with Gasteiger partial charge in [0.05, 0.1) is 13.7 Å². The van der Waals surface area contributed by atoms with E-state index in [4.69, 9.17) is 9.47 Å². The first-order valence-corrected chi connectivity index (χ1v) is 6.32. The maximum Gasteiger partial charge on any atom is 0.316 e. The fraction of sp³-hybridized carbons (Fsp3) is 0.400. The van der Waals surface area contributed by atoms with Crippen molar-refractivity contribution in [2.24, 2.45) is 5.92 Å². The molecule has 0 N–H and O–H groups in total. The van der Waals surface area contributed by atoms with Crippen molar-refractivity contribution in [2.45, 2.75) is 20.3 Å². The maximum absolute atomic E-state index is 11.8. The molecule has 0 aliphatic heterocycles. The molecule has 0 saturated heterocycles. The highest BCUT2D eigenvalue weighted by molar-refractivity contribution is 5.98. The number of esters is 1. The Morgan fingerprint density at radius 3 is 2.55 bits per heavy atom. The summed E-state index contributed by atoms with van der Waals surface area (Å²) in [6.45, 7) is 3.24. The molecule has 1 aromatic rings. The minimum Gasteiger partial charge on any atom is -0.496 e. The average Bonchev–Trinajstić information content (AvgIpc) is 2.44. The third-order valence-electron chi connectivity index (χ3n) is 2.93. The summed E-state index contributed by atoms with van der Waals surface area (Å²) >= 11 is 0. The summed E-state index contributed by atoms with van der Waals surface area (Å²) in [7, 11) is 1.49. The SMILES string of the molecule is CCOC(=O)C(Cc1cc(C=O)ccc1OC)C(C)=O. The molecule has 0 bridgehead atoms. The first-order chi connectivity index (χ1) is 9.53. The molecule has 1 rings (SSSR count). The van der Waals surface area contributed by atoms with E-state index in [0.29, 0.717) is 23.2 Å². The Kier molecular flexibility index (Phi) is 5.90. The Labute approximate surface area is 117 Å². The van der Waals surface area contributed by atoms with E-state index >= 15 is 0 Å². The van der Waals surface area contributed by atoms with Crippen molar-refractivity contribution in [3.8, 4) is 5.75 Å². The molecule has 0 spiro atoms. The highest BCUT2D eigenvalue weighted by Crippen LogP contribution is 2.23. The summed E-state index contributed by atoms with van der Waals surface area (Å²) in [5.41, 5.74) is 1.09. The number of Topliss-reactive ketones (excluding diaryl/α,β-unsaturated/α-hetero) is 1. The number of ether oxygens (including phenoxy) is 2. The van der Waals surface area contributed by atoms with Gasteiger partial charge in [0.2, 0.25) is 0 Å². The Bertz CT molecular complexity index is 507. The van der Waals surface area contributed by atoms with Crippen LogP contribution in [0.4, 0.5) is 0 Å². The number of hydrogen-bond acceptors (Lipinski definition) is 5. The lowest BCUT2D eigenvalue weighted by atomic mass is 9.94. The van der Waals surface area contributed by atoms with E-state index in [0.717, 1.165) is 0 Å². The lowest BCUT2D eigenvalue weighted by Crippen LogP contribution is -2.26. The van der Waals surface area contributed by atoms with Gasteiger partial charge < -0.3 is 9.47 Å². The van der Waals surface area contributed by atoms with Crippen LogP contribution in [0.1, 0.15) is 29.8 Å². The first-order valence-electron chi connectivity index (χ1n) is 6.32. The molecule has 0 radical (unpaired) electrons. The fourth-order valence-electron chi connectivity index (χ4n) is 1.89. The largest absolute Gasteiger partial charge is 0.496 e. The zero-order chi connectivity index (χ0) is 15.1. The van der Waals surface area contributed by atoms with Gasteiger partial charge in [0, 0.05) is 5.56 Å². The van der Waals surface area contributed by atoms with Gasteiger partial charge in [0.15, 0.2) is 0 Å². The van der Waals surface area contributed by atoms with Crippen LogP contribution in [0.5, 0.6) is 5.75 Å². The highest BCUT2D eigenvalue weighted by atomic mass is 16.5. The summed E-state index contributed by atoms with van der Waals surface area (Å²) in [4.78, 5) is 34.2. The first kappa shape index (κ1) is 15.9. The van der Waals surface area contributed by atoms with E-state index in [2.05, 4.69) is 0 Å². The quantitative estimate of drug-likeness (QED) is 0.432. The zero-order valence-corrected chi connectivity index (χ0v) is 11.8. The van der Waals surface area contributed by atoms with Gasteiger partial charge in [-0.05, 0) is 44.0 Å². The van der Waals surface area contributed by atoms with E-state index in [9.17, 15) is 14.4 Å². The number of hydrogen-bond donors (Lipinski definition) is 0. The molecular formula is C15H18O5. The summed E-state index contributed by atoms with van der Waals surface area (Å²) in [6, 6.07) is 4.87. The van der Waals surface area contributed by atoms with Gasteiger partial charge >= 0.3 is 5.97 Å². The molecule has 20 heavy (non-hydrogen) atoms. The Morgan fingerprint density at radius 1 is 1.35 bits per heavy atom. The maximum atomic E-state index is 11.8. The van der Waals surface area contributed by atoms with Crippen molar-refractivity contribution < 1.29 is 23.9 Å². The van der Waals surface area contributed by atoms with Crippen LogP contribution < -0.4 is 4.74 Å². The van der Waals surface area contributed by atoms with Crippen LogP contribution in [0, 0.1) is 5.92 Å². The van der Waals surface area contributed by atoms with E-state index in [1.807, 2.05) is 0 Å². The predicted octanol–water partition coefficient (Wildman–Crippen LogP) is 1.82. The molecule has 0 fully saturated rings. The summed E-state index contributed by atoms with van der Waals surface area (Å²) in [5, 5.41) is 0. The monoisotopic (exact) mass is 278 g/mol. The molecule has 0 aliphatic rings. The van der Waals surface area contributed by atoms with E-state index < -0.39 is 11.9 Å². The predicted molar refractivity (Wildman–Crippen MR) is 72.9 cm³/mol. The molecule has 1 aromatic carbocycles. The topological polar surface area (TPSA) is 69.7 Å². The molecule has 1 atom stereocenters. The molecule has 0 amide bonds. The van der Waals surface area contributed by atoms with Gasteiger partial charge in [-0.2, -0.15) is 0 Å². The molecule has 0 heterocycles. The van der Waals surface area contributed by atoms with Crippen molar-refractivity contribution in [1.29, 1.82) is 0 Å². The number of methoxy groups -OCH3 is 1. The smallest absolute Gasteiger partial charge is 0.316 e. The number of carbonyl (C=O) groups is 3. The van der Waals surface area contributed by atoms with Gasteiger partial charge in [-0.15, -0.1) is 0 Å². The van der Waals surface area contributed by atoms with Crippen molar-refractivity contribution in [1.82, 2.24) is 0 Å². The molecule has 0 aromatic heterocycles. The lowest BCUT2D eigenvalue weighted by Gasteiger charge is -2.15. The van der Waals surface area contributed by atoms with Crippen LogP contribution in [-0.2, 0) is 20.7 Å². The third-order valence-corrected chi connectivity index (χ3v) is 2.93. The number of aldehydes is 1. The third kappa shape index (κ3) is 3.91. The second kappa shape index (κ2) is 7.43. The van der Waals surface area contributed by atoms with E-state index in [1.54, 1.807) is 25.1 Å². The lowest BCUT2D eigenvalue weighted by molar-refractivity contribution is -0.151.